The summed E-state index contributed by atoms with van der Waals surface area (Å²) in [5.41, 5.74) is 3.70. The lowest BCUT2D eigenvalue weighted by Crippen LogP contribution is -2.58. The molecule has 2 aromatic rings. The topological polar surface area (TPSA) is 24.4 Å². The molecular formula is C22H28N2. The molecule has 0 aromatic heterocycles. The summed E-state index contributed by atoms with van der Waals surface area (Å²) in [7, 11) is 0. The van der Waals surface area contributed by atoms with Gasteiger partial charge in [0.1, 0.15) is 0 Å². The van der Waals surface area contributed by atoms with E-state index >= 15 is 0 Å². The molecule has 24 heavy (non-hydrogen) atoms. The number of nitrogens with one attached hydrogen (secondary N) is 1. The number of piperidine rings is 1. The van der Waals surface area contributed by atoms with Crippen LogP contribution in [0.1, 0.15) is 51.7 Å². The van der Waals surface area contributed by atoms with Gasteiger partial charge >= 0.3 is 0 Å². The minimum absolute atomic E-state index is 0.106. The summed E-state index contributed by atoms with van der Waals surface area (Å²) < 4.78 is 0. The van der Waals surface area contributed by atoms with Crippen molar-refractivity contribution in [3.8, 4) is 0 Å². The molecule has 126 valence electrons. The summed E-state index contributed by atoms with van der Waals surface area (Å²) in [6.45, 7) is 9.12. The molecule has 1 aliphatic heterocycles. The average molecular weight is 320 g/mol. The number of nitrogens with zero attached hydrogens (tertiary/aromatic N) is 1. The molecule has 1 fully saturated rings. The fourth-order valence-electron chi connectivity index (χ4n) is 4.05. The van der Waals surface area contributed by atoms with Crippen molar-refractivity contribution >= 4 is 5.71 Å². The van der Waals surface area contributed by atoms with Gasteiger partial charge in [-0.25, -0.2) is 0 Å². The van der Waals surface area contributed by atoms with Gasteiger partial charge in [-0.3, -0.25) is 4.99 Å². The van der Waals surface area contributed by atoms with Crippen LogP contribution in [0.4, 0.5) is 0 Å². The molecule has 1 saturated heterocycles. The number of benzene rings is 2. The highest BCUT2D eigenvalue weighted by Gasteiger charge is 2.37. The van der Waals surface area contributed by atoms with E-state index in [9.17, 15) is 0 Å². The number of aliphatic imine (C=N–C) groups is 1. The van der Waals surface area contributed by atoms with E-state index in [0.29, 0.717) is 6.04 Å². The molecule has 0 bridgehead atoms. The molecule has 0 atom stereocenters. The van der Waals surface area contributed by atoms with Gasteiger partial charge in [0.15, 0.2) is 0 Å². The van der Waals surface area contributed by atoms with Crippen LogP contribution in [-0.4, -0.2) is 22.8 Å². The van der Waals surface area contributed by atoms with Crippen LogP contribution in [-0.2, 0) is 0 Å². The molecule has 2 nitrogen and oxygen atoms in total. The maximum Gasteiger partial charge on any atom is 0.0722 e. The number of rotatable bonds is 3. The second-order valence-corrected chi connectivity index (χ2v) is 8.16. The minimum atomic E-state index is 0.106. The predicted molar refractivity (Wildman–Crippen MR) is 103 cm³/mol. The molecule has 2 heteroatoms. The fourth-order valence-corrected chi connectivity index (χ4v) is 4.05. The van der Waals surface area contributed by atoms with E-state index in [-0.39, 0.29) is 11.1 Å². The molecule has 1 N–H and O–H groups in total. The summed E-state index contributed by atoms with van der Waals surface area (Å²) in [6, 6.07) is 21.4. The standard InChI is InChI=1S/C22H28N2/c1-21(2)15-19(16-22(3,4)24-21)23-20(17-11-7-5-8-12-17)18-13-9-6-10-14-18/h5-14,19,24H,15-16H2,1-4H3. The van der Waals surface area contributed by atoms with Gasteiger partial charge in [0, 0.05) is 22.2 Å². The summed E-state index contributed by atoms with van der Waals surface area (Å²) in [6.07, 6.45) is 2.11. The lowest BCUT2D eigenvalue weighted by atomic mass is 9.79. The Bertz CT molecular complexity index is 642. The van der Waals surface area contributed by atoms with Crippen molar-refractivity contribution in [3.05, 3.63) is 71.8 Å². The van der Waals surface area contributed by atoms with Gasteiger partial charge < -0.3 is 5.32 Å². The molecule has 0 amide bonds. The zero-order chi connectivity index (χ0) is 17.2. The Balaban J connectivity index is 2.01. The van der Waals surface area contributed by atoms with Gasteiger partial charge in [0.25, 0.3) is 0 Å². The highest BCUT2D eigenvalue weighted by atomic mass is 15.1. The quantitative estimate of drug-likeness (QED) is 0.805. The Labute approximate surface area is 146 Å². The molecule has 1 aliphatic rings. The Hall–Kier alpha value is -1.93. The molecule has 0 radical (unpaired) electrons. The second-order valence-electron chi connectivity index (χ2n) is 8.16. The van der Waals surface area contributed by atoms with E-state index in [1.807, 2.05) is 0 Å². The van der Waals surface area contributed by atoms with Gasteiger partial charge in [-0.05, 0) is 40.5 Å². The number of hydrogen-bond acceptors (Lipinski definition) is 2. The largest absolute Gasteiger partial charge is 0.307 e. The molecule has 3 rings (SSSR count). The van der Waals surface area contributed by atoms with E-state index < -0.39 is 0 Å². The Morgan fingerprint density at radius 3 is 1.62 bits per heavy atom. The van der Waals surface area contributed by atoms with Crippen LogP contribution < -0.4 is 5.32 Å². The van der Waals surface area contributed by atoms with Crippen molar-refractivity contribution in [1.29, 1.82) is 0 Å². The van der Waals surface area contributed by atoms with Gasteiger partial charge in [-0.15, -0.1) is 0 Å². The Morgan fingerprint density at radius 1 is 0.792 bits per heavy atom. The summed E-state index contributed by atoms with van der Waals surface area (Å²) in [5.74, 6) is 0. The van der Waals surface area contributed by atoms with Crippen LogP contribution >= 0.6 is 0 Å². The molecule has 1 heterocycles. The highest BCUT2D eigenvalue weighted by molar-refractivity contribution is 6.12. The van der Waals surface area contributed by atoms with Crippen molar-refractivity contribution in [3.63, 3.8) is 0 Å². The van der Waals surface area contributed by atoms with Gasteiger partial charge in [0.05, 0.1) is 11.8 Å². The number of hydrogen-bond donors (Lipinski definition) is 1. The Kier molecular flexibility index (Phi) is 4.60. The third-order valence-electron chi connectivity index (χ3n) is 4.57. The molecule has 2 aromatic carbocycles. The maximum absolute atomic E-state index is 5.24. The van der Waals surface area contributed by atoms with Crippen LogP contribution in [0.2, 0.25) is 0 Å². The average Bonchev–Trinajstić information content (AvgIpc) is 2.51. The Morgan fingerprint density at radius 2 is 1.21 bits per heavy atom. The van der Waals surface area contributed by atoms with Crippen LogP contribution in [0.15, 0.2) is 65.7 Å². The first-order chi connectivity index (χ1) is 11.3. The summed E-state index contributed by atoms with van der Waals surface area (Å²) in [5, 5.41) is 3.75. The molecular weight excluding hydrogens is 292 g/mol. The highest BCUT2D eigenvalue weighted by Crippen LogP contribution is 2.31. The smallest absolute Gasteiger partial charge is 0.0722 e. The van der Waals surface area contributed by atoms with Gasteiger partial charge in [0.2, 0.25) is 0 Å². The third kappa shape index (κ3) is 4.12. The molecule has 0 saturated carbocycles. The summed E-state index contributed by atoms with van der Waals surface area (Å²) in [4.78, 5) is 5.24. The summed E-state index contributed by atoms with van der Waals surface area (Å²) >= 11 is 0. The minimum Gasteiger partial charge on any atom is -0.307 e. The van der Waals surface area contributed by atoms with E-state index in [1.54, 1.807) is 0 Å². The van der Waals surface area contributed by atoms with E-state index in [1.165, 1.54) is 11.1 Å². The monoisotopic (exact) mass is 320 g/mol. The normalized spacial score (nSPS) is 19.7. The predicted octanol–water partition coefficient (Wildman–Crippen LogP) is 4.83. The maximum atomic E-state index is 5.24. The second kappa shape index (κ2) is 6.52. The molecule has 0 unspecified atom stereocenters. The third-order valence-corrected chi connectivity index (χ3v) is 4.57. The van der Waals surface area contributed by atoms with E-state index in [0.717, 1.165) is 18.6 Å². The first-order valence-corrected chi connectivity index (χ1v) is 8.83. The van der Waals surface area contributed by atoms with Crippen LogP contribution in [0.3, 0.4) is 0 Å². The molecule has 0 spiro atoms. The van der Waals surface area contributed by atoms with Crippen molar-refractivity contribution in [1.82, 2.24) is 5.32 Å². The van der Waals surface area contributed by atoms with Crippen LogP contribution in [0.5, 0.6) is 0 Å². The first kappa shape index (κ1) is 16.9. The van der Waals surface area contributed by atoms with Crippen molar-refractivity contribution < 1.29 is 0 Å². The van der Waals surface area contributed by atoms with Gasteiger partial charge in [-0.1, -0.05) is 60.7 Å². The zero-order valence-corrected chi connectivity index (χ0v) is 15.2. The van der Waals surface area contributed by atoms with Crippen molar-refractivity contribution in [2.75, 3.05) is 0 Å². The van der Waals surface area contributed by atoms with Crippen molar-refractivity contribution in [2.24, 2.45) is 4.99 Å². The van der Waals surface area contributed by atoms with Gasteiger partial charge in [-0.2, -0.15) is 0 Å². The van der Waals surface area contributed by atoms with Crippen LogP contribution in [0, 0.1) is 0 Å². The fraction of sp³-hybridized carbons (Fsp3) is 0.409. The lowest BCUT2D eigenvalue weighted by molar-refractivity contribution is 0.164. The zero-order valence-electron chi connectivity index (χ0n) is 15.2. The van der Waals surface area contributed by atoms with Crippen LogP contribution in [0.25, 0.3) is 0 Å². The van der Waals surface area contributed by atoms with E-state index in [2.05, 4.69) is 93.7 Å². The lowest BCUT2D eigenvalue weighted by Gasteiger charge is -2.45. The first-order valence-electron chi connectivity index (χ1n) is 8.83. The SMILES string of the molecule is CC1(C)CC(N=C(c2ccccc2)c2ccccc2)CC(C)(C)N1. The van der Waals surface area contributed by atoms with Crippen molar-refractivity contribution in [2.45, 2.75) is 57.7 Å². The van der Waals surface area contributed by atoms with E-state index in [4.69, 9.17) is 4.99 Å². The molecule has 0 aliphatic carbocycles.